The van der Waals surface area contributed by atoms with E-state index in [9.17, 15) is 14.4 Å². The van der Waals surface area contributed by atoms with Crippen molar-refractivity contribution in [1.29, 1.82) is 0 Å². The van der Waals surface area contributed by atoms with Gasteiger partial charge in [0.05, 0.1) is 12.7 Å². The normalized spacial score (nSPS) is 13.8. The maximum atomic E-state index is 12.3. The van der Waals surface area contributed by atoms with Crippen LogP contribution in [0.4, 0.5) is 0 Å². The van der Waals surface area contributed by atoms with Gasteiger partial charge in [-0.25, -0.2) is 4.79 Å². The van der Waals surface area contributed by atoms with Crippen LogP contribution in [0.15, 0.2) is 28.6 Å². The summed E-state index contributed by atoms with van der Waals surface area (Å²) in [5.41, 5.74) is 1.84. The SMILES string of the molecule is COC(=O)C1=C(C)C(=O)c2cc(C(C)C)cc(=O)cc21. The largest absolute Gasteiger partial charge is 0.465 e. The Balaban J connectivity index is 2.79. The molecule has 0 atom stereocenters. The van der Waals surface area contributed by atoms with Crippen molar-refractivity contribution in [1.82, 2.24) is 0 Å². The van der Waals surface area contributed by atoms with Gasteiger partial charge in [0.15, 0.2) is 11.2 Å². The molecule has 1 aliphatic rings. The van der Waals surface area contributed by atoms with Crippen LogP contribution in [-0.2, 0) is 9.53 Å². The van der Waals surface area contributed by atoms with Crippen molar-refractivity contribution in [2.45, 2.75) is 26.7 Å². The van der Waals surface area contributed by atoms with Gasteiger partial charge in [0.2, 0.25) is 0 Å². The molecule has 1 aromatic rings. The summed E-state index contributed by atoms with van der Waals surface area (Å²) in [6, 6.07) is 4.53. The Kier molecular flexibility index (Phi) is 3.57. The van der Waals surface area contributed by atoms with E-state index in [4.69, 9.17) is 4.74 Å². The number of carbonyl (C=O) groups is 2. The molecule has 104 valence electrons. The number of hydrogen-bond acceptors (Lipinski definition) is 4. The molecule has 0 fully saturated rings. The second kappa shape index (κ2) is 5.04. The molecule has 0 aromatic heterocycles. The van der Waals surface area contributed by atoms with Gasteiger partial charge in [0.25, 0.3) is 0 Å². The van der Waals surface area contributed by atoms with Gasteiger partial charge in [-0.3, -0.25) is 9.59 Å². The average molecular weight is 272 g/mol. The van der Waals surface area contributed by atoms with Crippen LogP contribution in [0.2, 0.25) is 0 Å². The van der Waals surface area contributed by atoms with Gasteiger partial charge in [0.1, 0.15) is 0 Å². The Morgan fingerprint density at radius 1 is 1.10 bits per heavy atom. The number of esters is 1. The first-order valence-electron chi connectivity index (χ1n) is 6.40. The molecule has 0 N–H and O–H groups in total. The summed E-state index contributed by atoms with van der Waals surface area (Å²) in [6.45, 7) is 5.47. The first-order chi connectivity index (χ1) is 9.36. The molecule has 4 nitrogen and oxygen atoms in total. The van der Waals surface area contributed by atoms with E-state index in [0.29, 0.717) is 16.7 Å². The van der Waals surface area contributed by atoms with Crippen molar-refractivity contribution in [3.63, 3.8) is 0 Å². The molecular weight excluding hydrogens is 256 g/mol. The monoisotopic (exact) mass is 272 g/mol. The summed E-state index contributed by atoms with van der Waals surface area (Å²) < 4.78 is 4.71. The standard InChI is InChI=1S/C16H16O4/c1-8(2)10-5-11(17)7-12-13(6-10)15(18)9(3)14(12)16(19)20-4/h5-8H,1-4H3. The molecule has 0 unspecified atom stereocenters. The van der Waals surface area contributed by atoms with Crippen LogP contribution < -0.4 is 5.43 Å². The van der Waals surface area contributed by atoms with E-state index in [-0.39, 0.29) is 22.7 Å². The quantitative estimate of drug-likeness (QED) is 0.775. The van der Waals surface area contributed by atoms with E-state index in [1.165, 1.54) is 19.2 Å². The number of hydrogen-bond donors (Lipinski definition) is 0. The van der Waals surface area contributed by atoms with Crippen LogP contribution in [0.5, 0.6) is 0 Å². The molecule has 0 radical (unpaired) electrons. The second-order valence-corrected chi connectivity index (χ2v) is 5.14. The van der Waals surface area contributed by atoms with E-state index in [0.717, 1.165) is 5.56 Å². The topological polar surface area (TPSA) is 60.4 Å². The third-order valence-corrected chi connectivity index (χ3v) is 3.48. The molecule has 0 spiro atoms. The lowest BCUT2D eigenvalue weighted by atomic mass is 10.0. The highest BCUT2D eigenvalue weighted by atomic mass is 16.5. The zero-order valence-electron chi connectivity index (χ0n) is 11.9. The van der Waals surface area contributed by atoms with E-state index in [1.807, 2.05) is 13.8 Å². The van der Waals surface area contributed by atoms with Crippen LogP contribution in [0.1, 0.15) is 48.2 Å². The maximum Gasteiger partial charge on any atom is 0.338 e. The third kappa shape index (κ3) is 2.18. The highest BCUT2D eigenvalue weighted by Crippen LogP contribution is 2.33. The summed E-state index contributed by atoms with van der Waals surface area (Å²) in [5, 5.41) is 0. The minimum Gasteiger partial charge on any atom is -0.465 e. The molecular formula is C16H16O4. The van der Waals surface area contributed by atoms with E-state index in [1.54, 1.807) is 13.0 Å². The first-order valence-corrected chi connectivity index (χ1v) is 6.40. The van der Waals surface area contributed by atoms with Crippen molar-refractivity contribution in [2.75, 3.05) is 7.11 Å². The molecule has 0 aliphatic heterocycles. The predicted molar refractivity (Wildman–Crippen MR) is 75.7 cm³/mol. The van der Waals surface area contributed by atoms with E-state index in [2.05, 4.69) is 0 Å². The van der Waals surface area contributed by atoms with Crippen LogP contribution in [-0.4, -0.2) is 18.9 Å². The van der Waals surface area contributed by atoms with Gasteiger partial charge in [-0.05, 0) is 36.6 Å². The fourth-order valence-corrected chi connectivity index (χ4v) is 2.32. The third-order valence-electron chi connectivity index (χ3n) is 3.48. The molecule has 2 rings (SSSR count). The molecule has 0 amide bonds. The smallest absolute Gasteiger partial charge is 0.338 e. The minimum atomic E-state index is -0.591. The number of methoxy groups -OCH3 is 1. The summed E-state index contributed by atoms with van der Waals surface area (Å²) in [7, 11) is 1.26. The van der Waals surface area contributed by atoms with Crippen molar-refractivity contribution in [3.8, 4) is 0 Å². The Morgan fingerprint density at radius 2 is 1.75 bits per heavy atom. The van der Waals surface area contributed by atoms with Crippen molar-refractivity contribution in [2.24, 2.45) is 0 Å². The Bertz CT molecular complexity index is 696. The zero-order valence-corrected chi connectivity index (χ0v) is 11.9. The van der Waals surface area contributed by atoms with Crippen molar-refractivity contribution in [3.05, 3.63) is 50.7 Å². The van der Waals surface area contributed by atoms with Gasteiger partial charge in [0, 0.05) is 16.7 Å². The highest BCUT2D eigenvalue weighted by molar-refractivity contribution is 6.33. The van der Waals surface area contributed by atoms with Gasteiger partial charge < -0.3 is 4.74 Å². The molecule has 0 bridgehead atoms. The Labute approximate surface area is 117 Å². The van der Waals surface area contributed by atoms with Gasteiger partial charge in [-0.15, -0.1) is 0 Å². The van der Waals surface area contributed by atoms with Gasteiger partial charge in [-0.1, -0.05) is 13.8 Å². The predicted octanol–water partition coefficient (Wildman–Crippen LogP) is 2.31. The number of Topliss-reactive ketones (excluding diaryl/α,β-unsaturated/α-hetero) is 1. The molecule has 0 saturated carbocycles. The highest BCUT2D eigenvalue weighted by Gasteiger charge is 2.31. The van der Waals surface area contributed by atoms with Crippen LogP contribution in [0, 0.1) is 0 Å². The summed E-state index contributed by atoms with van der Waals surface area (Å²) >= 11 is 0. The van der Waals surface area contributed by atoms with E-state index >= 15 is 0 Å². The van der Waals surface area contributed by atoms with Crippen LogP contribution in [0.25, 0.3) is 5.57 Å². The lowest BCUT2D eigenvalue weighted by Gasteiger charge is -2.02. The average Bonchev–Trinajstić information content (AvgIpc) is 2.54. The fraction of sp³-hybridized carbons (Fsp3) is 0.312. The summed E-state index contributed by atoms with van der Waals surface area (Å²) in [4.78, 5) is 36.1. The van der Waals surface area contributed by atoms with Crippen molar-refractivity contribution < 1.29 is 14.3 Å². The number of allylic oxidation sites excluding steroid dienone is 1. The maximum absolute atomic E-state index is 12.3. The van der Waals surface area contributed by atoms with E-state index < -0.39 is 5.97 Å². The molecule has 4 heteroatoms. The molecule has 0 saturated heterocycles. The number of fused-ring (bicyclic) bond motifs is 1. The van der Waals surface area contributed by atoms with Gasteiger partial charge in [-0.2, -0.15) is 0 Å². The number of ether oxygens (including phenoxy) is 1. The molecule has 1 aliphatic carbocycles. The minimum absolute atomic E-state index is 0.120. The van der Waals surface area contributed by atoms with Crippen molar-refractivity contribution >= 4 is 17.3 Å². The summed E-state index contributed by atoms with van der Waals surface area (Å²) in [6.07, 6.45) is 0. The Morgan fingerprint density at radius 3 is 2.30 bits per heavy atom. The fourth-order valence-electron chi connectivity index (χ4n) is 2.32. The number of rotatable bonds is 2. The Hall–Kier alpha value is -2.23. The lowest BCUT2D eigenvalue weighted by Crippen LogP contribution is -2.05. The molecule has 1 aromatic carbocycles. The van der Waals surface area contributed by atoms with Gasteiger partial charge >= 0.3 is 5.97 Å². The zero-order chi connectivity index (χ0) is 15.0. The summed E-state index contributed by atoms with van der Waals surface area (Å²) in [5.74, 6) is -0.696. The molecule has 0 heterocycles. The first kappa shape index (κ1) is 14.2. The molecule has 20 heavy (non-hydrogen) atoms. The number of ketones is 1. The van der Waals surface area contributed by atoms with Crippen LogP contribution in [0.3, 0.4) is 0 Å². The second-order valence-electron chi connectivity index (χ2n) is 5.14. The number of carbonyl (C=O) groups excluding carboxylic acids is 2. The lowest BCUT2D eigenvalue weighted by molar-refractivity contribution is -0.133. The van der Waals surface area contributed by atoms with Crippen LogP contribution >= 0.6 is 0 Å².